The number of benzene rings is 2. The molecule has 0 aliphatic heterocycles. The van der Waals surface area contributed by atoms with Crippen molar-refractivity contribution in [1.29, 1.82) is 5.26 Å². The minimum atomic E-state index is -0.463. The maximum absolute atomic E-state index is 12.4. The van der Waals surface area contributed by atoms with E-state index in [0.717, 1.165) is 11.3 Å². The van der Waals surface area contributed by atoms with Crippen molar-refractivity contribution in [2.75, 3.05) is 21.3 Å². The van der Waals surface area contributed by atoms with Crippen LogP contribution in [0.3, 0.4) is 0 Å². The van der Waals surface area contributed by atoms with Gasteiger partial charge in [0.25, 0.3) is 5.91 Å². The topological polar surface area (TPSA) is 80.6 Å². The van der Waals surface area contributed by atoms with Crippen LogP contribution in [0.1, 0.15) is 11.1 Å². The van der Waals surface area contributed by atoms with Crippen molar-refractivity contribution in [3.05, 3.63) is 57.6 Å². The van der Waals surface area contributed by atoms with E-state index in [0.29, 0.717) is 28.1 Å². The van der Waals surface area contributed by atoms with Gasteiger partial charge in [0.2, 0.25) is 0 Å². The highest BCUT2D eigenvalue weighted by molar-refractivity contribution is 9.10. The highest BCUT2D eigenvalue weighted by atomic mass is 79.9. The fourth-order valence-electron chi connectivity index (χ4n) is 2.31. The zero-order valence-electron chi connectivity index (χ0n) is 15.2. The van der Waals surface area contributed by atoms with Crippen molar-refractivity contribution in [3.63, 3.8) is 0 Å². The number of carbonyl (C=O) groups is 1. The Balaban J connectivity index is 2.17. The molecule has 1 N–H and O–H groups in total. The molecule has 0 aliphatic rings. The SMILES string of the molecule is COc1ccc(CNC(=O)/C(C#N)=C\c2cc(OC)c(OC)cc2Br)cc1. The maximum atomic E-state index is 12.4. The van der Waals surface area contributed by atoms with Gasteiger partial charge in [-0.25, -0.2) is 0 Å². The molecule has 2 aromatic rings. The van der Waals surface area contributed by atoms with Crippen LogP contribution in [0.4, 0.5) is 0 Å². The lowest BCUT2D eigenvalue weighted by Crippen LogP contribution is -2.23. The number of amides is 1. The molecule has 0 saturated carbocycles. The van der Waals surface area contributed by atoms with Crippen LogP contribution in [0.15, 0.2) is 46.4 Å². The van der Waals surface area contributed by atoms with E-state index < -0.39 is 5.91 Å². The standard InChI is InChI=1S/C20H19BrN2O4/c1-25-16-6-4-13(5-7-16)12-23-20(24)15(11-22)8-14-9-18(26-2)19(27-3)10-17(14)21/h4-10H,12H2,1-3H3,(H,23,24)/b15-8-. The molecule has 140 valence electrons. The monoisotopic (exact) mass is 430 g/mol. The lowest BCUT2D eigenvalue weighted by molar-refractivity contribution is -0.117. The van der Waals surface area contributed by atoms with E-state index in [1.54, 1.807) is 19.2 Å². The van der Waals surface area contributed by atoms with Crippen LogP contribution >= 0.6 is 15.9 Å². The molecule has 2 rings (SSSR count). The van der Waals surface area contributed by atoms with Crippen LogP contribution in [-0.2, 0) is 11.3 Å². The quantitative estimate of drug-likeness (QED) is 0.534. The van der Waals surface area contributed by atoms with E-state index in [9.17, 15) is 10.1 Å². The summed E-state index contributed by atoms with van der Waals surface area (Å²) in [5, 5.41) is 12.1. The summed E-state index contributed by atoms with van der Waals surface area (Å²) in [7, 11) is 4.65. The van der Waals surface area contributed by atoms with Gasteiger partial charge in [0, 0.05) is 11.0 Å². The molecule has 0 aliphatic carbocycles. The van der Waals surface area contributed by atoms with Crippen molar-refractivity contribution in [1.82, 2.24) is 5.32 Å². The Labute approximate surface area is 166 Å². The zero-order valence-corrected chi connectivity index (χ0v) is 16.8. The Hall–Kier alpha value is -2.98. The molecule has 0 fully saturated rings. The number of methoxy groups -OCH3 is 3. The van der Waals surface area contributed by atoms with Gasteiger partial charge < -0.3 is 19.5 Å². The summed E-state index contributed by atoms with van der Waals surface area (Å²) in [6.45, 7) is 0.301. The Morgan fingerprint density at radius 2 is 1.74 bits per heavy atom. The average Bonchev–Trinajstić information content (AvgIpc) is 2.71. The van der Waals surface area contributed by atoms with Crippen molar-refractivity contribution < 1.29 is 19.0 Å². The van der Waals surface area contributed by atoms with Crippen molar-refractivity contribution >= 4 is 27.9 Å². The lowest BCUT2D eigenvalue weighted by atomic mass is 10.1. The summed E-state index contributed by atoms with van der Waals surface area (Å²) in [5.41, 5.74) is 1.51. The molecule has 1 amide bonds. The number of hydrogen-bond acceptors (Lipinski definition) is 5. The van der Waals surface area contributed by atoms with Crippen LogP contribution in [0.5, 0.6) is 17.2 Å². The van der Waals surface area contributed by atoms with Gasteiger partial charge in [0.05, 0.1) is 21.3 Å². The molecular formula is C20H19BrN2O4. The van der Waals surface area contributed by atoms with Crippen molar-refractivity contribution in [2.24, 2.45) is 0 Å². The predicted molar refractivity (Wildman–Crippen MR) is 106 cm³/mol. The van der Waals surface area contributed by atoms with Crippen LogP contribution in [-0.4, -0.2) is 27.2 Å². The summed E-state index contributed by atoms with van der Waals surface area (Å²) in [5.74, 6) is 1.32. The summed E-state index contributed by atoms with van der Waals surface area (Å²) < 4.78 is 16.3. The first kappa shape index (κ1) is 20.3. The second-order valence-electron chi connectivity index (χ2n) is 5.43. The number of nitrogens with zero attached hydrogens (tertiary/aromatic N) is 1. The van der Waals surface area contributed by atoms with Crippen molar-refractivity contribution in [2.45, 2.75) is 6.54 Å². The summed E-state index contributed by atoms with van der Waals surface area (Å²) in [4.78, 5) is 12.4. The van der Waals surface area contributed by atoms with E-state index >= 15 is 0 Å². The molecule has 0 aromatic heterocycles. The van der Waals surface area contributed by atoms with Crippen LogP contribution in [0.25, 0.3) is 6.08 Å². The first-order chi connectivity index (χ1) is 13.0. The number of halogens is 1. The number of rotatable bonds is 7. The molecule has 27 heavy (non-hydrogen) atoms. The Kier molecular flexibility index (Phi) is 7.26. The minimum absolute atomic E-state index is 0.0172. The second kappa shape index (κ2) is 9.64. The third-order valence-electron chi connectivity index (χ3n) is 3.78. The zero-order chi connectivity index (χ0) is 19.8. The minimum Gasteiger partial charge on any atom is -0.497 e. The van der Waals surface area contributed by atoms with E-state index in [4.69, 9.17) is 14.2 Å². The Morgan fingerprint density at radius 1 is 1.11 bits per heavy atom. The fourth-order valence-corrected chi connectivity index (χ4v) is 2.74. The largest absolute Gasteiger partial charge is 0.497 e. The number of nitriles is 1. The Bertz CT molecular complexity index is 886. The van der Waals surface area contributed by atoms with Gasteiger partial charge in [-0.1, -0.05) is 28.1 Å². The number of carbonyl (C=O) groups excluding carboxylic acids is 1. The van der Waals surface area contributed by atoms with Gasteiger partial charge >= 0.3 is 0 Å². The van der Waals surface area contributed by atoms with Crippen molar-refractivity contribution in [3.8, 4) is 23.3 Å². The van der Waals surface area contributed by atoms with Gasteiger partial charge in [0.15, 0.2) is 11.5 Å². The van der Waals surface area contributed by atoms with Crippen LogP contribution < -0.4 is 19.5 Å². The smallest absolute Gasteiger partial charge is 0.262 e. The lowest BCUT2D eigenvalue weighted by Gasteiger charge is -2.10. The number of ether oxygens (including phenoxy) is 3. The molecule has 2 aromatic carbocycles. The highest BCUT2D eigenvalue weighted by Gasteiger charge is 2.13. The van der Waals surface area contributed by atoms with Gasteiger partial charge in [-0.15, -0.1) is 0 Å². The predicted octanol–water partition coefficient (Wildman–Crippen LogP) is 3.70. The van der Waals surface area contributed by atoms with Gasteiger partial charge in [0.1, 0.15) is 17.4 Å². The van der Waals surface area contributed by atoms with E-state index in [-0.39, 0.29) is 5.57 Å². The summed E-state index contributed by atoms with van der Waals surface area (Å²) >= 11 is 3.41. The highest BCUT2D eigenvalue weighted by Crippen LogP contribution is 2.34. The van der Waals surface area contributed by atoms with Gasteiger partial charge in [-0.2, -0.15) is 5.26 Å². The van der Waals surface area contributed by atoms with Gasteiger partial charge in [-0.3, -0.25) is 4.79 Å². The molecule has 0 atom stereocenters. The molecular weight excluding hydrogens is 412 g/mol. The molecule has 0 saturated heterocycles. The molecule has 6 nitrogen and oxygen atoms in total. The second-order valence-corrected chi connectivity index (χ2v) is 6.28. The molecule has 0 spiro atoms. The third-order valence-corrected chi connectivity index (χ3v) is 4.47. The third kappa shape index (κ3) is 5.25. The first-order valence-electron chi connectivity index (χ1n) is 7.96. The fraction of sp³-hybridized carbons (Fsp3) is 0.200. The molecule has 7 heteroatoms. The number of hydrogen-bond donors (Lipinski definition) is 1. The van der Waals surface area contributed by atoms with E-state index in [1.165, 1.54) is 20.3 Å². The molecule has 0 radical (unpaired) electrons. The molecule has 0 bridgehead atoms. The first-order valence-corrected chi connectivity index (χ1v) is 8.76. The summed E-state index contributed by atoms with van der Waals surface area (Å²) in [6, 6.07) is 12.7. The number of nitrogens with one attached hydrogen (secondary N) is 1. The normalized spacial score (nSPS) is 10.7. The Morgan fingerprint density at radius 3 is 2.30 bits per heavy atom. The summed E-state index contributed by atoms with van der Waals surface area (Å²) in [6.07, 6.45) is 1.50. The van der Waals surface area contributed by atoms with Crippen LogP contribution in [0.2, 0.25) is 0 Å². The molecule has 0 unspecified atom stereocenters. The van der Waals surface area contributed by atoms with Crippen LogP contribution in [0, 0.1) is 11.3 Å². The van der Waals surface area contributed by atoms with E-state index in [2.05, 4.69) is 21.2 Å². The average molecular weight is 431 g/mol. The van der Waals surface area contributed by atoms with E-state index in [1.807, 2.05) is 30.3 Å². The molecule has 0 heterocycles. The maximum Gasteiger partial charge on any atom is 0.262 e. The van der Waals surface area contributed by atoms with Gasteiger partial charge in [-0.05, 0) is 41.5 Å².